The molecule has 21 heavy (non-hydrogen) atoms. The summed E-state index contributed by atoms with van der Waals surface area (Å²) in [5.74, 6) is 1.14. The van der Waals surface area contributed by atoms with Gasteiger partial charge in [-0.05, 0) is 39.8 Å². The number of hydrogen-bond donors (Lipinski definition) is 2. The summed E-state index contributed by atoms with van der Waals surface area (Å²) < 4.78 is 5.47. The predicted octanol–water partition coefficient (Wildman–Crippen LogP) is 3.66. The van der Waals surface area contributed by atoms with Crippen molar-refractivity contribution in [3.8, 4) is 0 Å². The average molecular weight is 286 g/mol. The lowest BCUT2D eigenvalue weighted by atomic mass is 10.1. The zero-order chi connectivity index (χ0) is 15.6. The van der Waals surface area contributed by atoms with Crippen molar-refractivity contribution in [2.24, 2.45) is 5.16 Å². The number of rotatable bonds is 3. The number of amides is 1. The number of nitrogens with one attached hydrogen (secondary N) is 1. The highest BCUT2D eigenvalue weighted by Gasteiger charge is 2.18. The van der Waals surface area contributed by atoms with Crippen LogP contribution in [0.5, 0.6) is 0 Å². The molecule has 1 aromatic carbocycles. The van der Waals surface area contributed by atoms with E-state index >= 15 is 0 Å². The Morgan fingerprint density at radius 3 is 2.52 bits per heavy atom. The van der Waals surface area contributed by atoms with E-state index in [-0.39, 0.29) is 5.91 Å². The number of benzene rings is 1. The van der Waals surface area contributed by atoms with E-state index in [0.717, 1.165) is 16.9 Å². The Hall–Kier alpha value is -2.56. The maximum atomic E-state index is 12.4. The van der Waals surface area contributed by atoms with Gasteiger partial charge in [0.2, 0.25) is 0 Å². The molecule has 0 spiro atoms. The number of carbonyl (C=O) groups excluding carboxylic acids is 1. The molecule has 5 nitrogen and oxygen atoms in total. The van der Waals surface area contributed by atoms with Gasteiger partial charge in [-0.15, -0.1) is 0 Å². The number of oxime groups is 1. The first-order valence-corrected chi connectivity index (χ1v) is 6.61. The van der Waals surface area contributed by atoms with Gasteiger partial charge in [0.05, 0.1) is 11.3 Å². The molecule has 0 radical (unpaired) electrons. The normalized spacial score (nSPS) is 11.5. The second-order valence-corrected chi connectivity index (χ2v) is 4.93. The quantitative estimate of drug-likeness (QED) is 0.513. The molecule has 1 amide bonds. The van der Waals surface area contributed by atoms with Gasteiger partial charge in [0.15, 0.2) is 0 Å². The van der Waals surface area contributed by atoms with E-state index in [1.165, 1.54) is 0 Å². The summed E-state index contributed by atoms with van der Waals surface area (Å²) in [6.45, 7) is 7.16. The molecule has 1 heterocycles. The summed E-state index contributed by atoms with van der Waals surface area (Å²) in [4.78, 5) is 12.4. The van der Waals surface area contributed by atoms with Gasteiger partial charge in [0.25, 0.3) is 5.91 Å². The van der Waals surface area contributed by atoms with Crippen molar-refractivity contribution in [1.29, 1.82) is 0 Å². The summed E-state index contributed by atoms with van der Waals surface area (Å²) in [7, 11) is 0. The first-order chi connectivity index (χ1) is 9.93. The maximum absolute atomic E-state index is 12.4. The second-order valence-electron chi connectivity index (χ2n) is 4.93. The third-order valence-electron chi connectivity index (χ3n) is 3.48. The molecular formula is C16H18N2O3. The van der Waals surface area contributed by atoms with Gasteiger partial charge >= 0.3 is 0 Å². The summed E-state index contributed by atoms with van der Waals surface area (Å²) in [6, 6.07) is 7.14. The first-order valence-electron chi connectivity index (χ1n) is 6.61. The molecule has 0 atom stereocenters. The average Bonchev–Trinajstić information content (AvgIpc) is 2.71. The Morgan fingerprint density at radius 1 is 1.24 bits per heavy atom. The van der Waals surface area contributed by atoms with Gasteiger partial charge in [-0.25, -0.2) is 0 Å². The molecule has 0 aliphatic heterocycles. The van der Waals surface area contributed by atoms with Crippen LogP contribution in [0, 0.1) is 20.8 Å². The molecule has 0 saturated carbocycles. The lowest BCUT2D eigenvalue weighted by Crippen LogP contribution is -2.14. The summed E-state index contributed by atoms with van der Waals surface area (Å²) in [5, 5.41) is 14.8. The summed E-state index contributed by atoms with van der Waals surface area (Å²) in [5.41, 5.74) is 3.27. The van der Waals surface area contributed by atoms with Gasteiger partial charge in [-0.2, -0.15) is 0 Å². The highest BCUT2D eigenvalue weighted by molar-refractivity contribution is 6.07. The Bertz CT molecular complexity index is 714. The second kappa shape index (κ2) is 5.83. The van der Waals surface area contributed by atoms with Crippen molar-refractivity contribution < 1.29 is 14.4 Å². The summed E-state index contributed by atoms with van der Waals surface area (Å²) in [6.07, 6.45) is 0. The van der Waals surface area contributed by atoms with Crippen molar-refractivity contribution >= 4 is 17.3 Å². The number of carbonyl (C=O) groups is 1. The van der Waals surface area contributed by atoms with Crippen LogP contribution in [0.3, 0.4) is 0 Å². The molecule has 0 fully saturated rings. The van der Waals surface area contributed by atoms with E-state index in [2.05, 4.69) is 10.5 Å². The van der Waals surface area contributed by atoms with Gasteiger partial charge < -0.3 is 14.9 Å². The first kappa shape index (κ1) is 14.8. The molecule has 1 aromatic heterocycles. The van der Waals surface area contributed by atoms with Gasteiger partial charge in [-0.1, -0.05) is 17.3 Å². The molecule has 0 aliphatic rings. The zero-order valence-corrected chi connectivity index (χ0v) is 12.5. The lowest BCUT2D eigenvalue weighted by molar-refractivity contribution is 0.102. The van der Waals surface area contributed by atoms with E-state index in [9.17, 15) is 4.79 Å². The fraction of sp³-hybridized carbons (Fsp3) is 0.250. The van der Waals surface area contributed by atoms with E-state index < -0.39 is 0 Å². The summed E-state index contributed by atoms with van der Waals surface area (Å²) >= 11 is 0. The monoisotopic (exact) mass is 286 g/mol. The molecule has 0 aliphatic carbocycles. The van der Waals surface area contributed by atoms with E-state index in [1.807, 2.05) is 19.9 Å². The molecule has 2 aromatic rings. The number of nitrogens with zero attached hydrogens (tertiary/aromatic N) is 1. The molecule has 110 valence electrons. The Kier molecular flexibility index (Phi) is 4.12. The van der Waals surface area contributed by atoms with Crippen LogP contribution < -0.4 is 5.32 Å². The van der Waals surface area contributed by atoms with Crippen LogP contribution in [0.25, 0.3) is 0 Å². The van der Waals surface area contributed by atoms with Gasteiger partial charge in [0, 0.05) is 16.8 Å². The fourth-order valence-electron chi connectivity index (χ4n) is 2.20. The third kappa shape index (κ3) is 2.97. The van der Waals surface area contributed by atoms with Crippen molar-refractivity contribution in [3.63, 3.8) is 0 Å². The number of aryl methyl sites for hydroxylation is 2. The number of furan rings is 1. The SMILES string of the molecule is CC(=NO)c1cccc(NC(=O)c2c(C)oc(C)c2C)c1. The van der Waals surface area contributed by atoms with E-state index in [4.69, 9.17) is 9.62 Å². The zero-order valence-electron chi connectivity index (χ0n) is 12.5. The van der Waals surface area contributed by atoms with E-state index in [1.54, 1.807) is 32.0 Å². The minimum absolute atomic E-state index is 0.211. The molecule has 2 N–H and O–H groups in total. The fourth-order valence-corrected chi connectivity index (χ4v) is 2.20. The molecule has 0 bridgehead atoms. The largest absolute Gasteiger partial charge is 0.466 e. The standard InChI is InChI=1S/C16H18N2O3/c1-9-11(3)21-12(4)15(9)16(19)17-14-7-5-6-13(8-14)10(2)18-20/h5-8,20H,1-4H3,(H,17,19). The van der Waals surface area contributed by atoms with Crippen LogP contribution in [-0.2, 0) is 0 Å². The topological polar surface area (TPSA) is 74.8 Å². The molecule has 5 heteroatoms. The number of hydrogen-bond acceptors (Lipinski definition) is 4. The Balaban J connectivity index is 2.28. The molecule has 0 unspecified atom stereocenters. The molecule has 0 saturated heterocycles. The molecular weight excluding hydrogens is 268 g/mol. The maximum Gasteiger partial charge on any atom is 0.259 e. The van der Waals surface area contributed by atoms with Crippen LogP contribution >= 0.6 is 0 Å². The van der Waals surface area contributed by atoms with Crippen molar-refractivity contribution in [2.45, 2.75) is 27.7 Å². The van der Waals surface area contributed by atoms with E-state index in [0.29, 0.717) is 22.7 Å². The van der Waals surface area contributed by atoms with Crippen LogP contribution in [0.1, 0.15) is 39.9 Å². The third-order valence-corrected chi connectivity index (χ3v) is 3.48. The highest BCUT2D eigenvalue weighted by atomic mass is 16.4. The van der Waals surface area contributed by atoms with Crippen molar-refractivity contribution in [3.05, 3.63) is 52.5 Å². The van der Waals surface area contributed by atoms with Crippen LogP contribution in [-0.4, -0.2) is 16.8 Å². The lowest BCUT2D eigenvalue weighted by Gasteiger charge is -2.07. The highest BCUT2D eigenvalue weighted by Crippen LogP contribution is 2.22. The minimum Gasteiger partial charge on any atom is -0.466 e. The van der Waals surface area contributed by atoms with Crippen LogP contribution in [0.4, 0.5) is 5.69 Å². The van der Waals surface area contributed by atoms with Crippen LogP contribution in [0.2, 0.25) is 0 Å². The van der Waals surface area contributed by atoms with Gasteiger partial charge in [0.1, 0.15) is 11.5 Å². The minimum atomic E-state index is -0.211. The van der Waals surface area contributed by atoms with Crippen molar-refractivity contribution in [1.82, 2.24) is 0 Å². The predicted molar refractivity (Wildman–Crippen MR) is 81.3 cm³/mol. The van der Waals surface area contributed by atoms with Gasteiger partial charge in [-0.3, -0.25) is 4.79 Å². The van der Waals surface area contributed by atoms with Crippen molar-refractivity contribution in [2.75, 3.05) is 5.32 Å². The molecule has 2 rings (SSSR count). The van der Waals surface area contributed by atoms with Crippen LogP contribution in [0.15, 0.2) is 33.8 Å². The Labute approximate surface area is 123 Å². The Morgan fingerprint density at radius 2 is 1.95 bits per heavy atom. The smallest absolute Gasteiger partial charge is 0.259 e. The number of anilines is 1.